The first kappa shape index (κ1) is 20.5. The molecule has 6 heteroatoms. The quantitative estimate of drug-likeness (QED) is 0.237. The number of amides is 1. The summed E-state index contributed by atoms with van der Waals surface area (Å²) >= 11 is 0. The van der Waals surface area contributed by atoms with E-state index in [9.17, 15) is 4.79 Å². The smallest absolute Gasteiger partial charge is 0.220 e. The molecule has 0 radical (unpaired) electrons. The van der Waals surface area contributed by atoms with Gasteiger partial charge in [0, 0.05) is 32.6 Å². The monoisotopic (exact) mass is 410 g/mol. The van der Waals surface area contributed by atoms with Gasteiger partial charge in [0.25, 0.3) is 0 Å². The number of rotatable bonds is 9. The number of carbonyl (C=O) groups excluding carboxylic acids is 1. The zero-order valence-corrected chi connectivity index (χ0v) is 15.9. The fourth-order valence-electron chi connectivity index (χ4n) is 1.92. The van der Waals surface area contributed by atoms with Gasteiger partial charge in [0.1, 0.15) is 0 Å². The van der Waals surface area contributed by atoms with Crippen LogP contribution in [0.25, 0.3) is 0 Å². The molecule has 124 valence electrons. The normalized spacial score (nSPS) is 14.6. The Morgan fingerprint density at radius 1 is 1.19 bits per heavy atom. The highest BCUT2D eigenvalue weighted by Gasteiger charge is 2.22. The van der Waals surface area contributed by atoms with Crippen molar-refractivity contribution in [2.45, 2.75) is 58.4 Å². The van der Waals surface area contributed by atoms with Gasteiger partial charge in [-0.15, -0.1) is 24.0 Å². The molecule has 0 aromatic heterocycles. The number of hydrogen-bond donors (Lipinski definition) is 3. The van der Waals surface area contributed by atoms with Gasteiger partial charge >= 0.3 is 0 Å². The van der Waals surface area contributed by atoms with Gasteiger partial charge in [0.05, 0.1) is 0 Å². The van der Waals surface area contributed by atoms with Gasteiger partial charge in [0.2, 0.25) is 5.91 Å². The predicted molar refractivity (Wildman–Crippen MR) is 99.3 cm³/mol. The number of hydrogen-bond acceptors (Lipinski definition) is 2. The minimum absolute atomic E-state index is 0. The largest absolute Gasteiger partial charge is 0.356 e. The number of nitrogens with one attached hydrogen (secondary N) is 3. The highest BCUT2D eigenvalue weighted by Crippen LogP contribution is 2.18. The van der Waals surface area contributed by atoms with E-state index in [-0.39, 0.29) is 29.9 Å². The highest BCUT2D eigenvalue weighted by molar-refractivity contribution is 14.0. The Hall–Kier alpha value is -0.530. The lowest BCUT2D eigenvalue weighted by atomic mass is 10.1. The molecule has 0 atom stereocenters. The molecule has 0 heterocycles. The van der Waals surface area contributed by atoms with E-state index in [1.54, 1.807) is 7.05 Å². The van der Waals surface area contributed by atoms with Gasteiger partial charge in [-0.3, -0.25) is 9.79 Å². The first-order valence-corrected chi connectivity index (χ1v) is 7.85. The Bertz CT molecular complexity index is 317. The molecule has 21 heavy (non-hydrogen) atoms. The van der Waals surface area contributed by atoms with Crippen LogP contribution < -0.4 is 16.0 Å². The predicted octanol–water partition coefficient (Wildman–Crippen LogP) is 2.26. The lowest BCUT2D eigenvalue weighted by molar-refractivity contribution is -0.121. The fourth-order valence-corrected chi connectivity index (χ4v) is 1.92. The van der Waals surface area contributed by atoms with Crippen LogP contribution in [0, 0.1) is 5.92 Å². The second kappa shape index (κ2) is 12.1. The second-order valence-electron chi connectivity index (χ2n) is 5.91. The highest BCUT2D eigenvalue weighted by atomic mass is 127. The van der Waals surface area contributed by atoms with E-state index in [1.165, 1.54) is 6.42 Å². The van der Waals surface area contributed by atoms with E-state index >= 15 is 0 Å². The number of aliphatic imine (C=N–C) groups is 1. The van der Waals surface area contributed by atoms with E-state index in [0.29, 0.717) is 12.5 Å². The summed E-state index contributed by atoms with van der Waals surface area (Å²) in [7, 11) is 1.78. The topological polar surface area (TPSA) is 65.5 Å². The lowest BCUT2D eigenvalue weighted by Crippen LogP contribution is -2.38. The molecule has 1 aliphatic carbocycles. The molecule has 0 spiro atoms. The van der Waals surface area contributed by atoms with Crippen molar-refractivity contribution in [2.24, 2.45) is 10.9 Å². The molecule has 0 bridgehead atoms. The molecule has 1 fully saturated rings. The van der Waals surface area contributed by atoms with Gasteiger partial charge in [-0.1, -0.05) is 13.8 Å². The average molecular weight is 410 g/mol. The number of halogens is 1. The minimum Gasteiger partial charge on any atom is -0.356 e. The van der Waals surface area contributed by atoms with E-state index < -0.39 is 0 Å². The molecule has 1 saturated carbocycles. The Labute approximate surface area is 146 Å². The standard InChI is InChI=1S/C15H30N4O.HI/c1-12(2)6-4-10-17-15(16-3)18-11-5-7-14(20)19-13-8-9-13;/h12-13H,4-11H2,1-3H3,(H,19,20)(H2,16,17,18);1H. The molecule has 0 aromatic carbocycles. The van der Waals surface area contributed by atoms with Gasteiger partial charge in [-0.2, -0.15) is 0 Å². The zero-order valence-electron chi connectivity index (χ0n) is 13.6. The summed E-state index contributed by atoms with van der Waals surface area (Å²) in [4.78, 5) is 15.7. The van der Waals surface area contributed by atoms with Crippen molar-refractivity contribution in [1.82, 2.24) is 16.0 Å². The van der Waals surface area contributed by atoms with Crippen LogP contribution in [0.5, 0.6) is 0 Å². The Morgan fingerprint density at radius 2 is 1.81 bits per heavy atom. The summed E-state index contributed by atoms with van der Waals surface area (Å²) < 4.78 is 0. The van der Waals surface area contributed by atoms with E-state index in [0.717, 1.165) is 50.7 Å². The van der Waals surface area contributed by atoms with Crippen LogP contribution in [0.15, 0.2) is 4.99 Å². The van der Waals surface area contributed by atoms with Crippen molar-refractivity contribution in [3.63, 3.8) is 0 Å². The fraction of sp³-hybridized carbons (Fsp3) is 0.867. The van der Waals surface area contributed by atoms with Crippen LogP contribution in [0.2, 0.25) is 0 Å². The van der Waals surface area contributed by atoms with Crippen molar-refractivity contribution in [3.8, 4) is 0 Å². The Morgan fingerprint density at radius 3 is 2.33 bits per heavy atom. The van der Waals surface area contributed by atoms with Crippen molar-refractivity contribution in [3.05, 3.63) is 0 Å². The van der Waals surface area contributed by atoms with Gasteiger partial charge in [-0.25, -0.2) is 0 Å². The lowest BCUT2D eigenvalue weighted by Gasteiger charge is -2.12. The SMILES string of the molecule is CN=C(NCCCC(=O)NC1CC1)NCCCC(C)C.I. The summed E-state index contributed by atoms with van der Waals surface area (Å²) in [6.07, 6.45) is 6.11. The van der Waals surface area contributed by atoms with Crippen molar-refractivity contribution >= 4 is 35.8 Å². The van der Waals surface area contributed by atoms with E-state index in [2.05, 4.69) is 34.8 Å². The number of nitrogens with zero attached hydrogens (tertiary/aromatic N) is 1. The second-order valence-corrected chi connectivity index (χ2v) is 5.91. The Balaban J connectivity index is 0.00000400. The van der Waals surface area contributed by atoms with Crippen molar-refractivity contribution < 1.29 is 4.79 Å². The molecule has 3 N–H and O–H groups in total. The Kier molecular flexibility index (Phi) is 11.8. The molecular weight excluding hydrogens is 379 g/mol. The van der Waals surface area contributed by atoms with Crippen molar-refractivity contribution in [2.75, 3.05) is 20.1 Å². The molecule has 1 aliphatic rings. The summed E-state index contributed by atoms with van der Waals surface area (Å²) in [5.74, 6) is 1.75. The molecule has 0 aromatic rings. The first-order chi connectivity index (χ1) is 9.61. The number of guanidine groups is 1. The first-order valence-electron chi connectivity index (χ1n) is 7.85. The molecule has 0 aliphatic heterocycles. The molecule has 1 amide bonds. The van der Waals surface area contributed by atoms with Crippen LogP contribution in [0.4, 0.5) is 0 Å². The third kappa shape index (κ3) is 11.8. The maximum absolute atomic E-state index is 11.5. The van der Waals surface area contributed by atoms with Crippen LogP contribution in [-0.2, 0) is 4.79 Å². The van der Waals surface area contributed by atoms with Crippen LogP contribution in [-0.4, -0.2) is 38.0 Å². The summed E-state index contributed by atoms with van der Waals surface area (Å²) in [6.45, 7) is 6.20. The van der Waals surface area contributed by atoms with Gasteiger partial charge < -0.3 is 16.0 Å². The van der Waals surface area contributed by atoms with Gasteiger partial charge in [0.15, 0.2) is 5.96 Å². The third-order valence-corrected chi connectivity index (χ3v) is 3.29. The summed E-state index contributed by atoms with van der Waals surface area (Å²) in [5.41, 5.74) is 0. The molecule has 5 nitrogen and oxygen atoms in total. The van der Waals surface area contributed by atoms with E-state index in [1.807, 2.05) is 0 Å². The maximum Gasteiger partial charge on any atom is 0.220 e. The molecule has 1 rings (SSSR count). The summed E-state index contributed by atoms with van der Waals surface area (Å²) in [6, 6.07) is 0.464. The molecular formula is C15H31IN4O. The third-order valence-electron chi connectivity index (χ3n) is 3.29. The molecule has 0 unspecified atom stereocenters. The van der Waals surface area contributed by atoms with Crippen LogP contribution in [0.3, 0.4) is 0 Å². The minimum atomic E-state index is 0. The maximum atomic E-state index is 11.5. The summed E-state index contributed by atoms with van der Waals surface area (Å²) in [5, 5.41) is 9.53. The van der Waals surface area contributed by atoms with Crippen LogP contribution >= 0.6 is 24.0 Å². The van der Waals surface area contributed by atoms with E-state index in [4.69, 9.17) is 0 Å². The zero-order chi connectivity index (χ0) is 14.8. The van der Waals surface area contributed by atoms with Crippen molar-refractivity contribution in [1.29, 1.82) is 0 Å². The average Bonchev–Trinajstić information content (AvgIpc) is 3.20. The molecule has 0 saturated heterocycles. The van der Waals surface area contributed by atoms with Crippen LogP contribution in [0.1, 0.15) is 52.4 Å². The number of carbonyl (C=O) groups is 1. The van der Waals surface area contributed by atoms with Gasteiger partial charge in [-0.05, 0) is 38.0 Å².